The number of furan rings is 1. The molecule has 82 valence electrons. The van der Waals surface area contributed by atoms with Gasteiger partial charge in [0.2, 0.25) is 0 Å². The molecule has 1 atom stereocenters. The van der Waals surface area contributed by atoms with E-state index in [4.69, 9.17) is 4.42 Å². The highest BCUT2D eigenvalue weighted by atomic mass is 16.3. The second kappa shape index (κ2) is 3.17. The van der Waals surface area contributed by atoms with Crippen molar-refractivity contribution in [2.24, 2.45) is 10.2 Å². The quantitative estimate of drug-likeness (QED) is 0.724. The largest absolute Gasteiger partial charge is 0.463 e. The summed E-state index contributed by atoms with van der Waals surface area (Å²) in [7, 11) is 0. The van der Waals surface area contributed by atoms with E-state index in [2.05, 4.69) is 34.5 Å². The highest BCUT2D eigenvalue weighted by Crippen LogP contribution is 2.46. The van der Waals surface area contributed by atoms with E-state index in [-0.39, 0.29) is 6.04 Å². The third-order valence-electron chi connectivity index (χ3n) is 3.39. The standard InChI is InChI=1S/C14H10N2O/c1-2-5-10-9(4-1)8-11-13(10)15-16-14(11)12-6-3-7-17-12/h1-7,13H,8H2. The molecular formula is C14H10N2O. The fourth-order valence-electron chi connectivity index (χ4n) is 2.60. The number of hydrogen-bond acceptors (Lipinski definition) is 3. The summed E-state index contributed by atoms with van der Waals surface area (Å²) in [5.74, 6) is 0.819. The van der Waals surface area contributed by atoms with Crippen molar-refractivity contribution in [1.82, 2.24) is 0 Å². The van der Waals surface area contributed by atoms with E-state index in [1.807, 2.05) is 12.1 Å². The Labute approximate surface area is 98.5 Å². The van der Waals surface area contributed by atoms with Crippen LogP contribution in [0.4, 0.5) is 0 Å². The van der Waals surface area contributed by atoms with E-state index >= 15 is 0 Å². The summed E-state index contributed by atoms with van der Waals surface area (Å²) >= 11 is 0. The number of azo groups is 1. The Morgan fingerprint density at radius 1 is 1.12 bits per heavy atom. The van der Waals surface area contributed by atoms with E-state index in [9.17, 15) is 0 Å². The fraction of sp³-hybridized carbons (Fsp3) is 0.143. The monoisotopic (exact) mass is 222 g/mol. The van der Waals surface area contributed by atoms with Gasteiger partial charge in [-0.05, 0) is 35.3 Å². The molecule has 4 rings (SSSR count). The average Bonchev–Trinajstić information content (AvgIpc) is 3.04. The van der Waals surface area contributed by atoms with Crippen molar-refractivity contribution in [1.29, 1.82) is 0 Å². The molecule has 3 nitrogen and oxygen atoms in total. The Morgan fingerprint density at radius 2 is 2.06 bits per heavy atom. The molecule has 0 radical (unpaired) electrons. The molecule has 0 saturated carbocycles. The molecule has 0 fully saturated rings. The summed E-state index contributed by atoms with van der Waals surface area (Å²) in [6, 6.07) is 12.4. The lowest BCUT2D eigenvalue weighted by molar-refractivity contribution is 0.551. The number of nitrogens with zero attached hydrogens (tertiary/aromatic N) is 2. The van der Waals surface area contributed by atoms with Gasteiger partial charge >= 0.3 is 0 Å². The number of benzene rings is 1. The zero-order valence-electron chi connectivity index (χ0n) is 9.13. The summed E-state index contributed by atoms with van der Waals surface area (Å²) < 4.78 is 5.41. The van der Waals surface area contributed by atoms with Gasteiger partial charge in [0.1, 0.15) is 11.7 Å². The minimum absolute atomic E-state index is 0.117. The van der Waals surface area contributed by atoms with Crippen LogP contribution in [-0.2, 0) is 6.42 Å². The van der Waals surface area contributed by atoms with Gasteiger partial charge in [-0.3, -0.25) is 0 Å². The summed E-state index contributed by atoms with van der Waals surface area (Å²) in [5, 5.41) is 8.64. The zero-order valence-corrected chi connectivity index (χ0v) is 9.13. The van der Waals surface area contributed by atoms with Gasteiger partial charge in [0.05, 0.1) is 6.26 Å². The lowest BCUT2D eigenvalue weighted by atomic mass is 10.1. The first-order valence-electron chi connectivity index (χ1n) is 5.69. The van der Waals surface area contributed by atoms with E-state index in [0.717, 1.165) is 17.9 Å². The van der Waals surface area contributed by atoms with Gasteiger partial charge in [-0.25, -0.2) is 0 Å². The van der Waals surface area contributed by atoms with Crippen LogP contribution in [0, 0.1) is 0 Å². The van der Waals surface area contributed by atoms with Crippen molar-refractivity contribution in [3.8, 4) is 0 Å². The van der Waals surface area contributed by atoms with E-state index in [1.54, 1.807) is 6.26 Å². The molecule has 2 aromatic rings. The first-order chi connectivity index (χ1) is 8.43. The molecular weight excluding hydrogens is 212 g/mol. The van der Waals surface area contributed by atoms with Crippen molar-refractivity contribution >= 4 is 5.70 Å². The Kier molecular flexibility index (Phi) is 1.66. The van der Waals surface area contributed by atoms with Crippen LogP contribution in [0.1, 0.15) is 22.9 Å². The van der Waals surface area contributed by atoms with Crippen molar-refractivity contribution < 1.29 is 4.42 Å². The van der Waals surface area contributed by atoms with Crippen molar-refractivity contribution in [2.75, 3.05) is 0 Å². The molecule has 0 bridgehead atoms. The van der Waals surface area contributed by atoms with Gasteiger partial charge in [-0.15, -0.1) is 0 Å². The zero-order chi connectivity index (χ0) is 11.2. The van der Waals surface area contributed by atoms with Crippen LogP contribution < -0.4 is 0 Å². The molecule has 0 spiro atoms. The first kappa shape index (κ1) is 8.93. The molecule has 2 aliphatic rings. The summed E-state index contributed by atoms with van der Waals surface area (Å²) in [6.45, 7) is 0. The van der Waals surface area contributed by atoms with Gasteiger partial charge in [0, 0.05) is 0 Å². The van der Waals surface area contributed by atoms with Crippen molar-refractivity contribution in [3.63, 3.8) is 0 Å². The molecule has 17 heavy (non-hydrogen) atoms. The third kappa shape index (κ3) is 1.16. The first-order valence-corrected chi connectivity index (χ1v) is 5.69. The molecule has 3 heteroatoms. The van der Waals surface area contributed by atoms with Crippen molar-refractivity contribution in [3.05, 3.63) is 65.1 Å². The Morgan fingerprint density at radius 3 is 2.94 bits per heavy atom. The average molecular weight is 222 g/mol. The van der Waals surface area contributed by atoms with E-state index < -0.39 is 0 Å². The molecule has 1 aromatic heterocycles. The van der Waals surface area contributed by atoms with Gasteiger partial charge in [0.15, 0.2) is 5.76 Å². The summed E-state index contributed by atoms with van der Waals surface area (Å²) in [5.41, 5.74) is 4.82. The Balaban J connectivity index is 1.88. The lowest BCUT2D eigenvalue weighted by Gasteiger charge is -2.00. The minimum atomic E-state index is 0.117. The molecule has 1 aliphatic heterocycles. The topological polar surface area (TPSA) is 37.9 Å². The highest BCUT2D eigenvalue weighted by molar-refractivity contribution is 5.70. The second-order valence-corrected chi connectivity index (χ2v) is 4.34. The maximum atomic E-state index is 5.41. The Bertz CT molecular complexity index is 638. The highest BCUT2D eigenvalue weighted by Gasteiger charge is 2.34. The van der Waals surface area contributed by atoms with Crippen LogP contribution in [0.25, 0.3) is 5.70 Å². The maximum Gasteiger partial charge on any atom is 0.154 e. The van der Waals surface area contributed by atoms with Crippen LogP contribution in [-0.4, -0.2) is 0 Å². The number of hydrogen-bond donors (Lipinski definition) is 0. The van der Waals surface area contributed by atoms with Gasteiger partial charge in [-0.2, -0.15) is 10.2 Å². The van der Waals surface area contributed by atoms with Gasteiger partial charge < -0.3 is 4.42 Å². The molecule has 0 N–H and O–H groups in total. The molecule has 0 amide bonds. The fourth-order valence-corrected chi connectivity index (χ4v) is 2.60. The van der Waals surface area contributed by atoms with Crippen LogP contribution >= 0.6 is 0 Å². The van der Waals surface area contributed by atoms with Crippen LogP contribution in [0.2, 0.25) is 0 Å². The van der Waals surface area contributed by atoms with Crippen LogP contribution in [0.3, 0.4) is 0 Å². The van der Waals surface area contributed by atoms with E-state index in [1.165, 1.54) is 16.7 Å². The second-order valence-electron chi connectivity index (χ2n) is 4.34. The third-order valence-corrected chi connectivity index (χ3v) is 3.39. The molecule has 1 aliphatic carbocycles. The minimum Gasteiger partial charge on any atom is -0.463 e. The van der Waals surface area contributed by atoms with Crippen molar-refractivity contribution in [2.45, 2.75) is 12.5 Å². The normalized spacial score (nSPS) is 20.8. The number of rotatable bonds is 1. The smallest absolute Gasteiger partial charge is 0.154 e. The predicted molar refractivity (Wildman–Crippen MR) is 63.4 cm³/mol. The molecule has 1 unspecified atom stereocenters. The van der Waals surface area contributed by atoms with Gasteiger partial charge in [-0.1, -0.05) is 24.3 Å². The van der Waals surface area contributed by atoms with Crippen LogP contribution in [0.5, 0.6) is 0 Å². The molecule has 0 saturated heterocycles. The number of fused-ring (bicyclic) bond motifs is 3. The van der Waals surface area contributed by atoms with Crippen LogP contribution in [0.15, 0.2) is 62.9 Å². The van der Waals surface area contributed by atoms with E-state index in [0.29, 0.717) is 0 Å². The lowest BCUT2D eigenvalue weighted by Crippen LogP contribution is -1.88. The summed E-state index contributed by atoms with van der Waals surface area (Å²) in [6.07, 6.45) is 2.61. The summed E-state index contributed by atoms with van der Waals surface area (Å²) in [4.78, 5) is 0. The molecule has 2 heterocycles. The Hall–Kier alpha value is -2.16. The SMILES string of the molecule is c1coc(C2=C3Cc4ccccc4C3N=N2)c1. The van der Waals surface area contributed by atoms with Gasteiger partial charge in [0.25, 0.3) is 0 Å². The maximum absolute atomic E-state index is 5.41. The predicted octanol–water partition coefficient (Wildman–Crippen LogP) is 3.75. The molecule has 1 aromatic carbocycles.